The van der Waals surface area contributed by atoms with E-state index in [1.807, 2.05) is 13.8 Å². The van der Waals surface area contributed by atoms with Crippen molar-refractivity contribution >= 4 is 27.4 Å². The van der Waals surface area contributed by atoms with Gasteiger partial charge in [0.25, 0.3) is 15.8 Å². The molecule has 0 bridgehead atoms. The second-order valence-electron chi connectivity index (χ2n) is 5.42. The fourth-order valence-corrected chi connectivity index (χ4v) is 3.94. The standard InChI is InChI=1S/C17H15NO4S/c1-3-12-6-9-15-14(10-12)16(19)17(20)18(15)23(21,22)13-7-4-11(2)5-8-13/h4-10H,3H2,1-2H3. The van der Waals surface area contributed by atoms with Crippen molar-refractivity contribution in [1.82, 2.24) is 0 Å². The Morgan fingerprint density at radius 2 is 1.65 bits per heavy atom. The van der Waals surface area contributed by atoms with Crippen molar-refractivity contribution in [2.75, 3.05) is 4.31 Å². The summed E-state index contributed by atoms with van der Waals surface area (Å²) in [5.41, 5.74) is 2.04. The fraction of sp³-hybridized carbons (Fsp3) is 0.176. The molecule has 0 N–H and O–H groups in total. The minimum absolute atomic E-state index is 0.0170. The van der Waals surface area contributed by atoms with Crippen molar-refractivity contribution in [3.05, 3.63) is 59.2 Å². The lowest BCUT2D eigenvalue weighted by atomic mass is 10.1. The smallest absolute Gasteiger partial charge is 0.283 e. The Hall–Kier alpha value is -2.47. The molecule has 0 unspecified atom stereocenters. The Labute approximate surface area is 134 Å². The normalized spacial score (nSPS) is 14.3. The minimum Gasteiger partial charge on any atom is -0.283 e. The summed E-state index contributed by atoms with van der Waals surface area (Å²) in [5, 5.41) is 0. The molecule has 1 aliphatic heterocycles. The van der Waals surface area contributed by atoms with E-state index in [0.29, 0.717) is 10.7 Å². The maximum atomic E-state index is 12.8. The van der Waals surface area contributed by atoms with Gasteiger partial charge in [-0.25, -0.2) is 8.42 Å². The zero-order valence-corrected chi connectivity index (χ0v) is 13.6. The number of fused-ring (bicyclic) bond motifs is 1. The van der Waals surface area contributed by atoms with Crippen LogP contribution in [0.4, 0.5) is 5.69 Å². The third-order valence-corrected chi connectivity index (χ3v) is 5.58. The van der Waals surface area contributed by atoms with Crippen LogP contribution in [0.1, 0.15) is 28.4 Å². The highest BCUT2D eigenvalue weighted by Gasteiger charge is 2.43. The van der Waals surface area contributed by atoms with Gasteiger partial charge < -0.3 is 0 Å². The Balaban J connectivity index is 2.16. The first-order valence-corrected chi connectivity index (χ1v) is 8.64. The summed E-state index contributed by atoms with van der Waals surface area (Å²) in [4.78, 5) is 24.4. The number of carbonyl (C=O) groups is 2. The van der Waals surface area contributed by atoms with Crippen LogP contribution in [-0.4, -0.2) is 20.1 Å². The molecule has 3 rings (SSSR count). The number of benzene rings is 2. The molecule has 2 aromatic carbocycles. The molecule has 0 atom stereocenters. The first-order chi connectivity index (χ1) is 10.9. The van der Waals surface area contributed by atoms with Gasteiger partial charge in [-0.1, -0.05) is 30.7 Å². The van der Waals surface area contributed by atoms with E-state index in [4.69, 9.17) is 0 Å². The summed E-state index contributed by atoms with van der Waals surface area (Å²) in [6.45, 7) is 3.76. The van der Waals surface area contributed by atoms with E-state index in [-0.39, 0.29) is 16.1 Å². The van der Waals surface area contributed by atoms with Gasteiger partial charge in [-0.2, -0.15) is 4.31 Å². The molecule has 118 valence electrons. The summed E-state index contributed by atoms with van der Waals surface area (Å²) >= 11 is 0. The van der Waals surface area contributed by atoms with Crippen LogP contribution in [-0.2, 0) is 21.2 Å². The largest absolute Gasteiger partial charge is 0.313 e. The molecule has 5 nitrogen and oxygen atoms in total. The number of ketones is 1. The monoisotopic (exact) mass is 329 g/mol. The zero-order valence-electron chi connectivity index (χ0n) is 12.7. The number of Topliss-reactive ketones (excluding diaryl/α,β-unsaturated/α-hetero) is 1. The van der Waals surface area contributed by atoms with Crippen LogP contribution in [0.3, 0.4) is 0 Å². The molecule has 1 heterocycles. The molecule has 0 fully saturated rings. The van der Waals surface area contributed by atoms with E-state index < -0.39 is 21.7 Å². The SMILES string of the molecule is CCc1ccc2c(c1)C(=O)C(=O)N2S(=O)(=O)c1ccc(C)cc1. The summed E-state index contributed by atoms with van der Waals surface area (Å²) in [6.07, 6.45) is 0.694. The summed E-state index contributed by atoms with van der Waals surface area (Å²) in [7, 11) is -4.11. The molecule has 1 aliphatic rings. The van der Waals surface area contributed by atoms with E-state index in [9.17, 15) is 18.0 Å². The number of amides is 1. The number of hydrogen-bond donors (Lipinski definition) is 0. The van der Waals surface area contributed by atoms with Crippen molar-refractivity contribution in [2.24, 2.45) is 0 Å². The van der Waals surface area contributed by atoms with Gasteiger partial charge in [0.15, 0.2) is 0 Å². The second kappa shape index (κ2) is 5.31. The lowest BCUT2D eigenvalue weighted by molar-refractivity contribution is -0.113. The highest BCUT2D eigenvalue weighted by atomic mass is 32.2. The molecule has 0 aliphatic carbocycles. The van der Waals surface area contributed by atoms with Crippen LogP contribution in [0.5, 0.6) is 0 Å². The highest BCUT2D eigenvalue weighted by molar-refractivity contribution is 7.93. The van der Waals surface area contributed by atoms with Crippen LogP contribution < -0.4 is 4.31 Å². The van der Waals surface area contributed by atoms with E-state index in [1.165, 1.54) is 18.2 Å². The molecular weight excluding hydrogens is 314 g/mol. The van der Waals surface area contributed by atoms with Gasteiger partial charge in [0.1, 0.15) is 0 Å². The van der Waals surface area contributed by atoms with E-state index in [0.717, 1.165) is 11.1 Å². The van der Waals surface area contributed by atoms with Crippen LogP contribution in [0.2, 0.25) is 0 Å². The quantitative estimate of drug-likeness (QED) is 0.811. The molecule has 0 radical (unpaired) electrons. The van der Waals surface area contributed by atoms with Crippen LogP contribution in [0, 0.1) is 6.92 Å². The average molecular weight is 329 g/mol. The van der Waals surface area contributed by atoms with E-state index in [1.54, 1.807) is 24.3 Å². The number of rotatable bonds is 3. The Morgan fingerprint density at radius 3 is 2.26 bits per heavy atom. The maximum Gasteiger partial charge on any atom is 0.313 e. The molecule has 23 heavy (non-hydrogen) atoms. The average Bonchev–Trinajstić information content (AvgIpc) is 2.79. The molecular formula is C17H15NO4S. The van der Waals surface area contributed by atoms with Gasteiger partial charge in [-0.15, -0.1) is 0 Å². The van der Waals surface area contributed by atoms with Gasteiger partial charge >= 0.3 is 5.91 Å². The molecule has 1 amide bonds. The van der Waals surface area contributed by atoms with Crippen molar-refractivity contribution in [3.63, 3.8) is 0 Å². The van der Waals surface area contributed by atoms with Gasteiger partial charge in [-0.3, -0.25) is 9.59 Å². The van der Waals surface area contributed by atoms with Gasteiger partial charge in [-0.05, 0) is 43.2 Å². The predicted octanol–water partition coefficient (Wildman–Crippen LogP) is 2.48. The number of nitrogens with zero attached hydrogens (tertiary/aromatic N) is 1. The van der Waals surface area contributed by atoms with Crippen molar-refractivity contribution in [2.45, 2.75) is 25.2 Å². The number of anilines is 1. The molecule has 0 saturated heterocycles. The van der Waals surface area contributed by atoms with Crippen molar-refractivity contribution in [1.29, 1.82) is 0 Å². The highest BCUT2D eigenvalue weighted by Crippen LogP contribution is 2.34. The number of sulfonamides is 1. The minimum atomic E-state index is -4.11. The maximum absolute atomic E-state index is 12.8. The topological polar surface area (TPSA) is 71.5 Å². The fourth-order valence-electron chi connectivity index (χ4n) is 2.53. The first kappa shape index (κ1) is 15.4. The van der Waals surface area contributed by atoms with Crippen molar-refractivity contribution in [3.8, 4) is 0 Å². The Morgan fingerprint density at radius 1 is 1.00 bits per heavy atom. The number of aryl methyl sites for hydroxylation is 2. The summed E-state index contributed by atoms with van der Waals surface area (Å²) in [5.74, 6) is -1.82. The molecule has 2 aromatic rings. The molecule has 0 saturated carbocycles. The summed E-state index contributed by atoms with van der Waals surface area (Å²) < 4.78 is 26.1. The van der Waals surface area contributed by atoms with Gasteiger partial charge in [0.2, 0.25) is 0 Å². The lowest BCUT2D eigenvalue weighted by Gasteiger charge is -2.17. The summed E-state index contributed by atoms with van der Waals surface area (Å²) in [6, 6.07) is 11.0. The van der Waals surface area contributed by atoms with Gasteiger partial charge in [0.05, 0.1) is 16.1 Å². The molecule has 0 aromatic heterocycles. The van der Waals surface area contributed by atoms with Crippen LogP contribution in [0.15, 0.2) is 47.4 Å². The third kappa shape index (κ3) is 2.35. The number of hydrogen-bond acceptors (Lipinski definition) is 4. The second-order valence-corrected chi connectivity index (χ2v) is 7.21. The third-order valence-electron chi connectivity index (χ3n) is 3.87. The predicted molar refractivity (Wildman–Crippen MR) is 86.0 cm³/mol. The Bertz CT molecular complexity index is 914. The zero-order chi connectivity index (χ0) is 16.8. The van der Waals surface area contributed by atoms with E-state index in [2.05, 4.69) is 0 Å². The molecule has 6 heteroatoms. The Kier molecular flexibility index (Phi) is 3.56. The first-order valence-electron chi connectivity index (χ1n) is 7.20. The molecule has 0 spiro atoms. The lowest BCUT2D eigenvalue weighted by Crippen LogP contribution is -2.35. The van der Waals surface area contributed by atoms with Crippen LogP contribution in [0.25, 0.3) is 0 Å². The van der Waals surface area contributed by atoms with Gasteiger partial charge in [0, 0.05) is 0 Å². The van der Waals surface area contributed by atoms with Crippen LogP contribution >= 0.6 is 0 Å². The van der Waals surface area contributed by atoms with Crippen molar-refractivity contribution < 1.29 is 18.0 Å². The number of carbonyl (C=O) groups excluding carboxylic acids is 2. The van der Waals surface area contributed by atoms with E-state index >= 15 is 0 Å².